The van der Waals surface area contributed by atoms with Gasteiger partial charge in [0.15, 0.2) is 0 Å². The highest BCUT2D eigenvalue weighted by molar-refractivity contribution is 7.87. The maximum absolute atomic E-state index is 12.1. The molecule has 0 aliphatic carbocycles. The third-order valence-electron chi connectivity index (χ3n) is 2.83. The number of nitrogens with one attached hydrogen (secondary N) is 1. The molecule has 0 saturated carbocycles. The minimum absolute atomic E-state index is 0.0441. The lowest BCUT2D eigenvalue weighted by Gasteiger charge is -2.24. The fraction of sp³-hybridized carbons (Fsp3) is 0.833. The molecule has 0 spiro atoms. The molecule has 0 fully saturated rings. The Kier molecular flexibility index (Phi) is 8.37. The van der Waals surface area contributed by atoms with Crippen LogP contribution in [0.4, 0.5) is 0 Å². The summed E-state index contributed by atoms with van der Waals surface area (Å²) in [6.07, 6.45) is 1.66. The van der Waals surface area contributed by atoms with E-state index in [1.165, 1.54) is 0 Å². The molecule has 0 radical (unpaired) electrons. The van der Waals surface area contributed by atoms with Gasteiger partial charge in [-0.05, 0) is 13.3 Å². The van der Waals surface area contributed by atoms with Crippen LogP contribution in [0.5, 0.6) is 0 Å². The van der Waals surface area contributed by atoms with Crippen molar-refractivity contribution in [2.75, 3.05) is 13.1 Å². The molecule has 0 aliphatic rings. The lowest BCUT2D eigenvalue weighted by Crippen LogP contribution is -2.49. The van der Waals surface area contributed by atoms with Gasteiger partial charge >= 0.3 is 5.97 Å². The zero-order valence-corrected chi connectivity index (χ0v) is 13.0. The average Bonchev–Trinajstić information content (AvgIpc) is 2.39. The van der Waals surface area contributed by atoms with E-state index in [0.717, 1.165) is 10.7 Å². The van der Waals surface area contributed by atoms with E-state index >= 15 is 0 Å². The largest absolute Gasteiger partial charge is 0.480 e. The van der Waals surface area contributed by atoms with Crippen molar-refractivity contribution >= 4 is 16.2 Å². The van der Waals surface area contributed by atoms with Crippen LogP contribution in [0.1, 0.15) is 40.0 Å². The fourth-order valence-corrected chi connectivity index (χ4v) is 3.13. The number of hydrogen-bond acceptors (Lipinski definition) is 4. The van der Waals surface area contributed by atoms with E-state index in [1.54, 1.807) is 13.8 Å². The first-order chi connectivity index (χ1) is 9.28. The van der Waals surface area contributed by atoms with E-state index < -0.39 is 28.1 Å². The number of nitriles is 1. The van der Waals surface area contributed by atoms with Crippen molar-refractivity contribution in [1.82, 2.24) is 9.03 Å². The number of carboxylic acid groups (broad SMARTS) is 1. The van der Waals surface area contributed by atoms with Gasteiger partial charge in [0.2, 0.25) is 0 Å². The van der Waals surface area contributed by atoms with Crippen LogP contribution in [0.25, 0.3) is 0 Å². The Balaban J connectivity index is 4.90. The molecule has 7 nitrogen and oxygen atoms in total. The second kappa shape index (κ2) is 8.89. The van der Waals surface area contributed by atoms with Gasteiger partial charge in [-0.2, -0.15) is 22.7 Å². The van der Waals surface area contributed by atoms with Crippen molar-refractivity contribution in [3.05, 3.63) is 0 Å². The smallest absolute Gasteiger partial charge is 0.321 e. The highest BCUT2D eigenvalue weighted by Crippen LogP contribution is 2.08. The van der Waals surface area contributed by atoms with Crippen LogP contribution in [0, 0.1) is 17.2 Å². The molecule has 20 heavy (non-hydrogen) atoms. The van der Waals surface area contributed by atoms with Crippen LogP contribution in [-0.2, 0) is 15.0 Å². The molecule has 8 heteroatoms. The van der Waals surface area contributed by atoms with Crippen LogP contribution in [0.3, 0.4) is 0 Å². The van der Waals surface area contributed by atoms with E-state index in [0.29, 0.717) is 6.42 Å². The molecule has 0 aromatic heterocycles. The molecule has 0 aromatic carbocycles. The zero-order valence-electron chi connectivity index (χ0n) is 12.2. The summed E-state index contributed by atoms with van der Waals surface area (Å²) >= 11 is 0. The van der Waals surface area contributed by atoms with Crippen LogP contribution in [-0.4, -0.2) is 42.9 Å². The van der Waals surface area contributed by atoms with Crippen molar-refractivity contribution < 1.29 is 18.3 Å². The van der Waals surface area contributed by atoms with Crippen LogP contribution in [0.15, 0.2) is 0 Å². The van der Waals surface area contributed by atoms with Gasteiger partial charge in [0.25, 0.3) is 10.2 Å². The van der Waals surface area contributed by atoms with Gasteiger partial charge in [-0.25, -0.2) is 0 Å². The molecule has 0 bridgehead atoms. The third-order valence-corrected chi connectivity index (χ3v) is 4.50. The van der Waals surface area contributed by atoms with Gasteiger partial charge in [0.05, 0.1) is 12.0 Å². The first kappa shape index (κ1) is 18.8. The van der Waals surface area contributed by atoms with E-state index in [1.807, 2.05) is 13.0 Å². The maximum atomic E-state index is 12.1. The standard InChI is InChI=1S/C12H23N3O4S/c1-4-6-7-11(12(16)17)14-20(18,19)15(5-2)9-10(3)8-13/h10-11,14H,4-7,9H2,1-3H3,(H,16,17)/t10?,11-/m0/s1. The number of carboxylic acids is 1. The molecule has 0 amide bonds. The summed E-state index contributed by atoms with van der Waals surface area (Å²) in [7, 11) is -3.90. The van der Waals surface area contributed by atoms with Crippen molar-refractivity contribution in [1.29, 1.82) is 5.26 Å². The lowest BCUT2D eigenvalue weighted by atomic mass is 10.1. The normalized spacial score (nSPS) is 14.8. The van der Waals surface area contributed by atoms with Crippen molar-refractivity contribution in [3.8, 4) is 6.07 Å². The van der Waals surface area contributed by atoms with E-state index in [9.17, 15) is 13.2 Å². The van der Waals surface area contributed by atoms with E-state index in [2.05, 4.69) is 4.72 Å². The minimum Gasteiger partial charge on any atom is -0.480 e. The van der Waals surface area contributed by atoms with Gasteiger partial charge in [0, 0.05) is 13.1 Å². The minimum atomic E-state index is -3.90. The summed E-state index contributed by atoms with van der Waals surface area (Å²) in [6, 6.07) is 0.829. The SMILES string of the molecule is CCCC[C@H](NS(=O)(=O)N(CC)CC(C)C#N)C(=O)O. The Morgan fingerprint density at radius 1 is 1.45 bits per heavy atom. The summed E-state index contributed by atoms with van der Waals surface area (Å²) in [4.78, 5) is 11.1. The molecule has 1 unspecified atom stereocenters. The second-order valence-electron chi connectivity index (χ2n) is 4.64. The fourth-order valence-electron chi connectivity index (χ4n) is 1.64. The summed E-state index contributed by atoms with van der Waals surface area (Å²) in [6.45, 7) is 5.39. The molecule has 0 aromatic rings. The molecule has 0 aliphatic heterocycles. The van der Waals surface area contributed by atoms with Gasteiger partial charge in [-0.15, -0.1) is 0 Å². The first-order valence-corrected chi connectivity index (χ1v) is 8.12. The number of unbranched alkanes of at least 4 members (excludes halogenated alkanes) is 1. The predicted octanol–water partition coefficient (Wildman–Crippen LogP) is 0.946. The Bertz CT molecular complexity index is 444. The number of rotatable bonds is 10. The van der Waals surface area contributed by atoms with Crippen molar-refractivity contribution in [2.24, 2.45) is 5.92 Å². The van der Waals surface area contributed by atoms with E-state index in [-0.39, 0.29) is 19.5 Å². The van der Waals surface area contributed by atoms with Gasteiger partial charge < -0.3 is 5.11 Å². The predicted molar refractivity (Wildman–Crippen MR) is 75.0 cm³/mol. The number of hydrogen-bond donors (Lipinski definition) is 2. The maximum Gasteiger partial charge on any atom is 0.321 e. The highest BCUT2D eigenvalue weighted by Gasteiger charge is 2.28. The highest BCUT2D eigenvalue weighted by atomic mass is 32.2. The summed E-state index contributed by atoms with van der Waals surface area (Å²) in [5, 5.41) is 17.8. The monoisotopic (exact) mass is 305 g/mol. The molecular formula is C12H23N3O4S. The molecular weight excluding hydrogens is 282 g/mol. The quantitative estimate of drug-likeness (QED) is 0.624. The Hall–Kier alpha value is -1.17. The number of aliphatic carboxylic acids is 1. The van der Waals surface area contributed by atoms with E-state index in [4.69, 9.17) is 10.4 Å². The molecule has 0 rings (SSSR count). The van der Waals surface area contributed by atoms with Crippen molar-refractivity contribution in [3.63, 3.8) is 0 Å². The van der Waals surface area contributed by atoms with Crippen LogP contribution in [0.2, 0.25) is 0 Å². The molecule has 116 valence electrons. The average molecular weight is 305 g/mol. The Morgan fingerprint density at radius 2 is 2.05 bits per heavy atom. The zero-order chi connectivity index (χ0) is 15.8. The summed E-state index contributed by atoms with van der Waals surface area (Å²) < 4.78 is 27.5. The molecule has 2 atom stereocenters. The molecule has 2 N–H and O–H groups in total. The summed E-state index contributed by atoms with van der Waals surface area (Å²) in [5.74, 6) is -1.64. The van der Waals surface area contributed by atoms with Gasteiger partial charge in [0.1, 0.15) is 6.04 Å². The first-order valence-electron chi connectivity index (χ1n) is 6.68. The van der Waals surface area contributed by atoms with Crippen molar-refractivity contribution in [2.45, 2.75) is 46.1 Å². The summed E-state index contributed by atoms with van der Waals surface area (Å²) in [5.41, 5.74) is 0. The lowest BCUT2D eigenvalue weighted by molar-refractivity contribution is -0.139. The Labute approximate surface area is 120 Å². The molecule has 0 heterocycles. The Morgan fingerprint density at radius 3 is 2.45 bits per heavy atom. The van der Waals surface area contributed by atoms with Crippen LogP contribution < -0.4 is 4.72 Å². The topological polar surface area (TPSA) is 111 Å². The van der Waals surface area contributed by atoms with Crippen LogP contribution >= 0.6 is 0 Å². The third kappa shape index (κ3) is 6.32. The van der Waals surface area contributed by atoms with Gasteiger partial charge in [-0.1, -0.05) is 26.7 Å². The second-order valence-corrected chi connectivity index (χ2v) is 6.34. The number of carbonyl (C=O) groups is 1. The van der Waals surface area contributed by atoms with Gasteiger partial charge in [-0.3, -0.25) is 4.79 Å². The number of nitrogens with zero attached hydrogens (tertiary/aromatic N) is 2. The molecule has 0 saturated heterocycles.